The molecule has 2 rings (SSSR count). The van der Waals surface area contributed by atoms with Gasteiger partial charge in [-0.2, -0.15) is 0 Å². The molecule has 2 atom stereocenters. The van der Waals surface area contributed by atoms with Crippen molar-refractivity contribution in [1.82, 2.24) is 0 Å². The predicted molar refractivity (Wildman–Crippen MR) is 92.3 cm³/mol. The van der Waals surface area contributed by atoms with E-state index in [0.29, 0.717) is 18.8 Å². The van der Waals surface area contributed by atoms with Crippen LogP contribution in [-0.4, -0.2) is 47.3 Å². The largest absolute Gasteiger partial charge is 0.491 e. The van der Waals surface area contributed by atoms with Gasteiger partial charge in [0.25, 0.3) is 0 Å². The van der Waals surface area contributed by atoms with Crippen LogP contribution in [0.4, 0.5) is 0 Å². The fraction of sp³-hybridized carbons (Fsp3) is 0.368. The number of hydrogen-bond donors (Lipinski definition) is 3. The summed E-state index contributed by atoms with van der Waals surface area (Å²) in [6, 6.07) is 15.2. The Morgan fingerprint density at radius 3 is 1.54 bits per heavy atom. The first kappa shape index (κ1) is 18.3. The summed E-state index contributed by atoms with van der Waals surface area (Å²) in [6.45, 7) is 1.95. The molecule has 0 fully saturated rings. The van der Waals surface area contributed by atoms with Crippen LogP contribution in [0, 0.1) is 0 Å². The first-order chi connectivity index (χ1) is 11.6. The molecule has 3 N–H and O–H groups in total. The zero-order chi connectivity index (χ0) is 17.4. The highest BCUT2D eigenvalue weighted by molar-refractivity contribution is 5.64. The lowest BCUT2D eigenvalue weighted by molar-refractivity contribution is 0.0536. The highest BCUT2D eigenvalue weighted by Gasteiger charge is 2.05. The molecule has 0 radical (unpaired) electrons. The van der Waals surface area contributed by atoms with E-state index >= 15 is 0 Å². The van der Waals surface area contributed by atoms with Gasteiger partial charge in [-0.25, -0.2) is 0 Å². The van der Waals surface area contributed by atoms with Gasteiger partial charge < -0.3 is 24.8 Å². The Labute approximate surface area is 142 Å². The number of ether oxygens (including phenoxy) is 2. The molecule has 0 saturated carbocycles. The van der Waals surface area contributed by atoms with E-state index < -0.39 is 12.2 Å². The number of rotatable bonds is 9. The minimum absolute atomic E-state index is 0.0610. The summed E-state index contributed by atoms with van der Waals surface area (Å²) in [5, 5.41) is 27.5. The molecular weight excluding hydrogens is 308 g/mol. The van der Waals surface area contributed by atoms with E-state index in [0.717, 1.165) is 16.9 Å². The van der Waals surface area contributed by atoms with Gasteiger partial charge in [0, 0.05) is 0 Å². The average Bonchev–Trinajstić information content (AvgIpc) is 2.65. The Morgan fingerprint density at radius 1 is 0.750 bits per heavy atom. The van der Waals surface area contributed by atoms with Crippen LogP contribution in [0.2, 0.25) is 0 Å². The van der Waals surface area contributed by atoms with Gasteiger partial charge in [0.05, 0.1) is 12.7 Å². The van der Waals surface area contributed by atoms with Gasteiger partial charge in [-0.1, -0.05) is 31.2 Å². The molecule has 0 saturated heterocycles. The van der Waals surface area contributed by atoms with Gasteiger partial charge in [-0.05, 0) is 41.8 Å². The van der Waals surface area contributed by atoms with E-state index in [1.807, 2.05) is 55.5 Å². The molecule has 5 heteroatoms. The smallest absolute Gasteiger partial charge is 0.119 e. The molecule has 0 aliphatic carbocycles. The van der Waals surface area contributed by atoms with Gasteiger partial charge in [0.2, 0.25) is 0 Å². The molecule has 2 aromatic carbocycles. The third-order valence-electron chi connectivity index (χ3n) is 3.61. The molecular formula is C19H24O5. The van der Waals surface area contributed by atoms with E-state index in [1.165, 1.54) is 0 Å². The lowest BCUT2D eigenvalue weighted by Gasteiger charge is -2.11. The number of aliphatic hydroxyl groups is 3. The van der Waals surface area contributed by atoms with Gasteiger partial charge >= 0.3 is 0 Å². The molecule has 0 heterocycles. The summed E-state index contributed by atoms with van der Waals surface area (Å²) in [4.78, 5) is 0. The number of benzene rings is 2. The maximum atomic E-state index is 9.51. The maximum Gasteiger partial charge on any atom is 0.119 e. The maximum absolute atomic E-state index is 9.51. The molecule has 0 amide bonds. The SMILES string of the molecule is CCC(O)COc1ccc(-c2ccc(OCC(O)CO)cc2)cc1. The monoisotopic (exact) mass is 332 g/mol. The second kappa shape index (κ2) is 9.27. The van der Waals surface area contributed by atoms with Gasteiger partial charge in [0.1, 0.15) is 30.8 Å². The highest BCUT2D eigenvalue weighted by Crippen LogP contribution is 2.24. The highest BCUT2D eigenvalue weighted by atomic mass is 16.5. The van der Waals surface area contributed by atoms with Gasteiger partial charge in [-0.3, -0.25) is 0 Å². The van der Waals surface area contributed by atoms with Crippen molar-refractivity contribution in [2.75, 3.05) is 19.8 Å². The normalized spacial score (nSPS) is 13.3. The molecule has 0 aliphatic heterocycles. The quantitative estimate of drug-likeness (QED) is 0.656. The Bertz CT molecular complexity index is 539. The van der Waals surface area contributed by atoms with Crippen molar-refractivity contribution in [3.8, 4) is 22.6 Å². The molecule has 2 aromatic rings. The molecule has 130 valence electrons. The third kappa shape index (κ3) is 5.53. The first-order valence-electron chi connectivity index (χ1n) is 8.05. The van der Waals surface area contributed by atoms with Crippen LogP contribution in [0.1, 0.15) is 13.3 Å². The molecule has 2 unspecified atom stereocenters. The lowest BCUT2D eigenvalue weighted by Crippen LogP contribution is -2.21. The van der Waals surface area contributed by atoms with Gasteiger partial charge in [-0.15, -0.1) is 0 Å². The van der Waals surface area contributed by atoms with Crippen LogP contribution in [0.25, 0.3) is 11.1 Å². The first-order valence-corrected chi connectivity index (χ1v) is 8.05. The summed E-state index contributed by atoms with van der Waals surface area (Å²) in [6.07, 6.45) is -0.646. The van der Waals surface area contributed by atoms with E-state index in [2.05, 4.69) is 0 Å². The summed E-state index contributed by atoms with van der Waals surface area (Å²) < 4.78 is 10.9. The van der Waals surface area contributed by atoms with Crippen molar-refractivity contribution < 1.29 is 24.8 Å². The molecule has 5 nitrogen and oxygen atoms in total. The number of aliphatic hydroxyl groups excluding tert-OH is 3. The Kier molecular flexibility index (Phi) is 7.06. The Balaban J connectivity index is 1.93. The fourth-order valence-electron chi connectivity index (χ4n) is 2.04. The van der Waals surface area contributed by atoms with Crippen molar-refractivity contribution in [2.24, 2.45) is 0 Å². The number of hydrogen-bond acceptors (Lipinski definition) is 5. The van der Waals surface area contributed by atoms with Crippen LogP contribution >= 0.6 is 0 Å². The van der Waals surface area contributed by atoms with E-state index in [9.17, 15) is 10.2 Å². The van der Waals surface area contributed by atoms with Crippen LogP contribution in [0.3, 0.4) is 0 Å². The summed E-state index contributed by atoms with van der Waals surface area (Å²) >= 11 is 0. The minimum Gasteiger partial charge on any atom is -0.491 e. The molecule has 0 bridgehead atoms. The van der Waals surface area contributed by atoms with Crippen molar-refractivity contribution >= 4 is 0 Å². The van der Waals surface area contributed by atoms with E-state index in [1.54, 1.807) is 0 Å². The van der Waals surface area contributed by atoms with Crippen molar-refractivity contribution in [1.29, 1.82) is 0 Å². The van der Waals surface area contributed by atoms with E-state index in [4.69, 9.17) is 14.6 Å². The zero-order valence-corrected chi connectivity index (χ0v) is 13.8. The van der Waals surface area contributed by atoms with E-state index in [-0.39, 0.29) is 13.2 Å². The molecule has 24 heavy (non-hydrogen) atoms. The fourth-order valence-corrected chi connectivity index (χ4v) is 2.04. The molecule has 0 aliphatic rings. The lowest BCUT2D eigenvalue weighted by atomic mass is 10.1. The second-order valence-corrected chi connectivity index (χ2v) is 5.57. The standard InChI is InChI=1S/C19H24O5/c1-2-16(21)12-23-18-7-3-14(4-8-18)15-5-9-19(10-6-15)24-13-17(22)11-20/h3-10,16-17,20-22H,2,11-13H2,1H3. The van der Waals surface area contributed by atoms with Crippen LogP contribution < -0.4 is 9.47 Å². The average molecular weight is 332 g/mol. The van der Waals surface area contributed by atoms with Crippen LogP contribution in [-0.2, 0) is 0 Å². The van der Waals surface area contributed by atoms with Gasteiger partial charge in [0.15, 0.2) is 0 Å². The topological polar surface area (TPSA) is 79.2 Å². The summed E-state index contributed by atoms with van der Waals surface area (Å²) in [7, 11) is 0. The molecule has 0 aromatic heterocycles. The minimum atomic E-state index is -0.872. The van der Waals surface area contributed by atoms with Crippen LogP contribution in [0.5, 0.6) is 11.5 Å². The zero-order valence-electron chi connectivity index (χ0n) is 13.8. The molecule has 0 spiro atoms. The van der Waals surface area contributed by atoms with Crippen molar-refractivity contribution in [3.05, 3.63) is 48.5 Å². The third-order valence-corrected chi connectivity index (χ3v) is 3.61. The summed E-state index contributed by atoms with van der Waals surface area (Å²) in [5.74, 6) is 1.36. The second-order valence-electron chi connectivity index (χ2n) is 5.57. The summed E-state index contributed by atoms with van der Waals surface area (Å²) in [5.41, 5.74) is 2.07. The van der Waals surface area contributed by atoms with Crippen LogP contribution in [0.15, 0.2) is 48.5 Å². The predicted octanol–water partition coefficient (Wildman–Crippen LogP) is 2.24. The Morgan fingerprint density at radius 2 is 1.17 bits per heavy atom. The van der Waals surface area contributed by atoms with Crippen molar-refractivity contribution in [2.45, 2.75) is 25.6 Å². The van der Waals surface area contributed by atoms with Crippen molar-refractivity contribution in [3.63, 3.8) is 0 Å². The Hall–Kier alpha value is -2.08.